The molecule has 0 radical (unpaired) electrons. The number of hydrogen-bond acceptors (Lipinski definition) is 3. The molecule has 144 valence electrons. The molecule has 0 amide bonds. The Morgan fingerprint density at radius 3 is 1.88 bits per heavy atom. The number of ketones is 1. The molecule has 0 saturated heterocycles. The van der Waals surface area contributed by atoms with E-state index < -0.39 is 0 Å². The van der Waals surface area contributed by atoms with E-state index in [-0.39, 0.29) is 17.0 Å². The number of Topliss-reactive ketones (excluding diaryl/α,β-unsaturated/α-hetero) is 1. The Morgan fingerprint density at radius 1 is 0.958 bits per heavy atom. The van der Waals surface area contributed by atoms with E-state index in [4.69, 9.17) is 0 Å². The second-order valence-electron chi connectivity index (χ2n) is 9.11. The highest BCUT2D eigenvalue weighted by Gasteiger charge is 2.40. The van der Waals surface area contributed by atoms with Gasteiger partial charge in [-0.15, -0.1) is 0 Å². The Hall–Kier alpha value is -0.410. The van der Waals surface area contributed by atoms with Crippen LogP contribution in [0.1, 0.15) is 88.5 Å². The molecule has 2 atom stereocenters. The van der Waals surface area contributed by atoms with Gasteiger partial charge < -0.3 is 10.6 Å². The number of carbonyl (C=O) groups is 1. The summed E-state index contributed by atoms with van der Waals surface area (Å²) in [6, 6.07) is 0.430. The van der Waals surface area contributed by atoms with Gasteiger partial charge in [0.25, 0.3) is 0 Å². The van der Waals surface area contributed by atoms with E-state index in [1.54, 1.807) is 0 Å². The third kappa shape index (κ3) is 6.84. The minimum absolute atomic E-state index is 0.0442. The zero-order valence-corrected chi connectivity index (χ0v) is 18.0. The summed E-state index contributed by atoms with van der Waals surface area (Å²) in [6.07, 6.45) is 2.82. The Balaban J connectivity index is 5.20. The molecule has 0 aliphatic rings. The number of carbonyl (C=O) groups excluding carboxylic acids is 1. The molecule has 24 heavy (non-hydrogen) atoms. The minimum atomic E-state index is -0.254. The maximum Gasteiger partial charge on any atom is 0.155 e. The highest BCUT2D eigenvalue weighted by molar-refractivity contribution is 5.89. The first-order chi connectivity index (χ1) is 10.9. The van der Waals surface area contributed by atoms with Crippen LogP contribution in [0.25, 0.3) is 0 Å². The standard InChI is InChI=1S/C21H44N2O/c1-11-21(10,16(4)5)19(24)18(13-12-14-22-17(6)7)23-20(8,9)15(2)3/h15-18,22-23H,11-14H2,1-10H3/t18-,21?/m0/s1. The van der Waals surface area contributed by atoms with E-state index in [1.165, 1.54) is 0 Å². The van der Waals surface area contributed by atoms with Crippen LogP contribution in [-0.4, -0.2) is 30.0 Å². The Morgan fingerprint density at radius 2 is 1.50 bits per heavy atom. The molecule has 0 aromatic heterocycles. The largest absolute Gasteiger partial charge is 0.315 e. The Labute approximate surface area is 151 Å². The maximum absolute atomic E-state index is 13.4. The molecule has 0 saturated carbocycles. The lowest BCUT2D eigenvalue weighted by Gasteiger charge is -2.40. The first-order valence-corrected chi connectivity index (χ1v) is 9.93. The van der Waals surface area contributed by atoms with Gasteiger partial charge in [-0.3, -0.25) is 4.79 Å². The third-order valence-electron chi connectivity index (χ3n) is 6.10. The van der Waals surface area contributed by atoms with Gasteiger partial charge >= 0.3 is 0 Å². The normalized spacial score (nSPS) is 16.7. The van der Waals surface area contributed by atoms with E-state index in [0.29, 0.717) is 23.7 Å². The summed E-state index contributed by atoms with van der Waals surface area (Å²) in [6.45, 7) is 22.8. The molecule has 0 bridgehead atoms. The van der Waals surface area contributed by atoms with Gasteiger partial charge in [0.2, 0.25) is 0 Å². The molecular formula is C21H44N2O. The summed E-state index contributed by atoms with van der Waals surface area (Å²) in [5, 5.41) is 7.16. The summed E-state index contributed by atoms with van der Waals surface area (Å²) in [5.41, 5.74) is -0.298. The van der Waals surface area contributed by atoms with E-state index in [1.807, 2.05) is 0 Å². The topological polar surface area (TPSA) is 41.1 Å². The van der Waals surface area contributed by atoms with Crippen LogP contribution in [0.3, 0.4) is 0 Å². The molecule has 1 unspecified atom stereocenters. The highest BCUT2D eigenvalue weighted by atomic mass is 16.1. The summed E-state index contributed by atoms with van der Waals surface area (Å²) in [4.78, 5) is 13.4. The van der Waals surface area contributed by atoms with Gasteiger partial charge in [-0.1, -0.05) is 55.4 Å². The highest BCUT2D eigenvalue weighted by Crippen LogP contribution is 2.34. The van der Waals surface area contributed by atoms with Crippen molar-refractivity contribution in [2.75, 3.05) is 6.54 Å². The molecule has 0 aliphatic carbocycles. The Kier molecular flexibility index (Phi) is 9.74. The monoisotopic (exact) mass is 340 g/mol. The molecular weight excluding hydrogens is 296 g/mol. The summed E-state index contributed by atoms with van der Waals surface area (Å²) in [7, 11) is 0. The van der Waals surface area contributed by atoms with Gasteiger partial charge in [0.1, 0.15) is 0 Å². The van der Waals surface area contributed by atoms with E-state index >= 15 is 0 Å². The van der Waals surface area contributed by atoms with Crippen LogP contribution in [0.4, 0.5) is 0 Å². The minimum Gasteiger partial charge on any atom is -0.315 e. The average molecular weight is 341 g/mol. The molecule has 0 spiro atoms. The number of rotatable bonds is 12. The van der Waals surface area contributed by atoms with Crippen molar-refractivity contribution in [1.82, 2.24) is 10.6 Å². The summed E-state index contributed by atoms with van der Waals surface area (Å²) in [5.74, 6) is 1.22. The zero-order valence-electron chi connectivity index (χ0n) is 18.0. The second kappa shape index (κ2) is 9.91. The van der Waals surface area contributed by atoms with Gasteiger partial charge in [0.15, 0.2) is 5.78 Å². The van der Waals surface area contributed by atoms with Crippen molar-refractivity contribution < 1.29 is 4.79 Å². The van der Waals surface area contributed by atoms with Crippen LogP contribution >= 0.6 is 0 Å². The molecule has 0 aromatic carbocycles. The fourth-order valence-electron chi connectivity index (χ4n) is 2.85. The molecule has 2 N–H and O–H groups in total. The zero-order chi connectivity index (χ0) is 19.1. The van der Waals surface area contributed by atoms with E-state index in [2.05, 4.69) is 79.9 Å². The average Bonchev–Trinajstić information content (AvgIpc) is 2.47. The molecule has 0 rings (SSSR count). The van der Waals surface area contributed by atoms with Gasteiger partial charge in [-0.25, -0.2) is 0 Å². The first kappa shape index (κ1) is 23.6. The molecule has 0 aliphatic heterocycles. The number of hydrogen-bond donors (Lipinski definition) is 2. The van der Waals surface area contributed by atoms with Crippen molar-refractivity contribution in [1.29, 1.82) is 0 Å². The molecule has 3 heteroatoms. The smallest absolute Gasteiger partial charge is 0.155 e. The van der Waals surface area contributed by atoms with Crippen LogP contribution in [0.15, 0.2) is 0 Å². The fourth-order valence-corrected chi connectivity index (χ4v) is 2.85. The predicted octanol–water partition coefficient (Wildman–Crippen LogP) is 4.80. The first-order valence-electron chi connectivity index (χ1n) is 9.93. The lowest BCUT2D eigenvalue weighted by molar-refractivity contribution is -0.133. The van der Waals surface area contributed by atoms with Crippen LogP contribution in [0.2, 0.25) is 0 Å². The van der Waals surface area contributed by atoms with Crippen molar-refractivity contribution in [3.05, 3.63) is 0 Å². The van der Waals surface area contributed by atoms with Crippen molar-refractivity contribution in [2.45, 2.75) is 106 Å². The lowest BCUT2D eigenvalue weighted by Crippen LogP contribution is -2.56. The van der Waals surface area contributed by atoms with Gasteiger partial charge in [-0.2, -0.15) is 0 Å². The van der Waals surface area contributed by atoms with Crippen molar-refractivity contribution >= 4 is 5.78 Å². The van der Waals surface area contributed by atoms with Crippen molar-refractivity contribution in [3.8, 4) is 0 Å². The van der Waals surface area contributed by atoms with Crippen LogP contribution < -0.4 is 10.6 Å². The van der Waals surface area contributed by atoms with Crippen LogP contribution in [0.5, 0.6) is 0 Å². The van der Waals surface area contributed by atoms with E-state index in [0.717, 1.165) is 25.8 Å². The molecule has 0 fully saturated rings. The summed E-state index contributed by atoms with van der Waals surface area (Å²) < 4.78 is 0. The second-order valence-corrected chi connectivity index (χ2v) is 9.11. The van der Waals surface area contributed by atoms with Gasteiger partial charge in [0, 0.05) is 17.0 Å². The molecule has 0 aromatic rings. The fraction of sp³-hybridized carbons (Fsp3) is 0.952. The van der Waals surface area contributed by atoms with Gasteiger partial charge in [0.05, 0.1) is 6.04 Å². The maximum atomic E-state index is 13.4. The van der Waals surface area contributed by atoms with Gasteiger partial charge in [-0.05, 0) is 51.5 Å². The van der Waals surface area contributed by atoms with Crippen molar-refractivity contribution in [2.24, 2.45) is 17.3 Å². The predicted molar refractivity (Wildman–Crippen MR) is 106 cm³/mol. The third-order valence-corrected chi connectivity index (χ3v) is 6.10. The Bertz CT molecular complexity index is 374. The quantitative estimate of drug-likeness (QED) is 0.501. The number of nitrogens with one attached hydrogen (secondary N) is 2. The molecule has 3 nitrogen and oxygen atoms in total. The summed E-state index contributed by atoms with van der Waals surface area (Å²) >= 11 is 0. The van der Waals surface area contributed by atoms with Crippen molar-refractivity contribution in [3.63, 3.8) is 0 Å². The lowest BCUT2D eigenvalue weighted by atomic mass is 9.70. The SMILES string of the molecule is CCC(C)(C(=O)[C@H](CCCNC(C)C)NC(C)(C)C(C)C)C(C)C. The van der Waals surface area contributed by atoms with Crippen LogP contribution in [-0.2, 0) is 4.79 Å². The van der Waals surface area contributed by atoms with Crippen LogP contribution in [0, 0.1) is 17.3 Å². The molecule has 0 heterocycles. The van der Waals surface area contributed by atoms with E-state index in [9.17, 15) is 4.79 Å².